The highest BCUT2D eigenvalue weighted by molar-refractivity contribution is 6.39. The quantitative estimate of drug-likeness (QED) is 0.426. The van der Waals surface area contributed by atoms with Crippen LogP contribution in [-0.2, 0) is 4.74 Å². The van der Waals surface area contributed by atoms with Gasteiger partial charge in [0.05, 0.1) is 35.2 Å². The van der Waals surface area contributed by atoms with Crippen LogP contribution < -0.4 is 16.8 Å². The van der Waals surface area contributed by atoms with Crippen molar-refractivity contribution in [3.8, 4) is 0 Å². The van der Waals surface area contributed by atoms with Gasteiger partial charge in [-0.1, -0.05) is 79.2 Å². The van der Waals surface area contributed by atoms with E-state index >= 15 is 0 Å². The van der Waals surface area contributed by atoms with E-state index in [2.05, 4.69) is 12.2 Å². The van der Waals surface area contributed by atoms with Crippen molar-refractivity contribution in [1.82, 2.24) is 5.32 Å². The molecule has 1 aliphatic rings. The minimum absolute atomic E-state index is 0.0197. The van der Waals surface area contributed by atoms with E-state index in [0.717, 1.165) is 5.56 Å². The average Bonchev–Trinajstić information content (AvgIpc) is 2.71. The summed E-state index contributed by atoms with van der Waals surface area (Å²) in [6, 6.07) is 18.8. The lowest BCUT2D eigenvalue weighted by Crippen LogP contribution is -2.48. The van der Waals surface area contributed by atoms with Gasteiger partial charge in [0.15, 0.2) is 0 Å². The summed E-state index contributed by atoms with van der Waals surface area (Å²) in [6.45, 7) is 4.09. The fourth-order valence-electron chi connectivity index (χ4n) is 2.94. The molecule has 0 radical (unpaired) electrons. The second-order valence-electron chi connectivity index (χ2n) is 7.28. The Labute approximate surface area is 170 Å². The van der Waals surface area contributed by atoms with Gasteiger partial charge in [-0.3, -0.25) is 5.41 Å². The molecular weight excluding hydrogens is 372 g/mol. The average molecular weight is 397 g/mol. The Morgan fingerprint density at radius 1 is 1.04 bits per heavy atom. The molecule has 2 aromatic rings. The first-order valence-corrected chi connectivity index (χ1v) is 9.46. The minimum Gasteiger partial charge on any atom is -0.397 e. The summed E-state index contributed by atoms with van der Waals surface area (Å²) in [4.78, 5) is 0. The zero-order chi connectivity index (χ0) is 20.1. The Kier molecular flexibility index (Phi) is 6.07. The molecule has 0 saturated carbocycles. The molecule has 0 unspecified atom stereocenters. The van der Waals surface area contributed by atoms with Crippen molar-refractivity contribution in [2.45, 2.75) is 6.92 Å². The molecule has 3 rings (SSSR count). The number of allylic oxidation sites excluding steroid dienone is 2. The second kappa shape index (κ2) is 8.50. The highest BCUT2D eigenvalue weighted by Crippen LogP contribution is 2.29. The van der Waals surface area contributed by atoms with Crippen molar-refractivity contribution in [2.24, 2.45) is 16.9 Å². The smallest absolute Gasteiger partial charge is 0.107 e. The van der Waals surface area contributed by atoms with Crippen molar-refractivity contribution in [3.63, 3.8) is 0 Å². The molecule has 1 saturated heterocycles. The van der Waals surface area contributed by atoms with Crippen molar-refractivity contribution >= 4 is 23.0 Å². The van der Waals surface area contributed by atoms with Crippen LogP contribution in [0.15, 0.2) is 77.1 Å². The first-order chi connectivity index (χ1) is 13.4. The summed E-state index contributed by atoms with van der Waals surface area (Å²) in [7, 11) is 0. The zero-order valence-electron chi connectivity index (χ0n) is 15.8. The first-order valence-electron chi connectivity index (χ1n) is 9.08. The van der Waals surface area contributed by atoms with E-state index in [4.69, 9.17) is 33.2 Å². The van der Waals surface area contributed by atoms with Crippen LogP contribution in [0.2, 0.25) is 0 Å². The van der Waals surface area contributed by atoms with Gasteiger partial charge in [-0.25, -0.2) is 0 Å². The van der Waals surface area contributed by atoms with Crippen LogP contribution in [0.5, 0.6) is 0 Å². The Morgan fingerprint density at radius 2 is 1.57 bits per heavy atom. The number of hydrogen-bond donors (Lipinski definition) is 4. The summed E-state index contributed by atoms with van der Waals surface area (Å²) >= 11 is 6.68. The van der Waals surface area contributed by atoms with Crippen LogP contribution >= 0.6 is 11.6 Å². The molecule has 0 spiro atoms. The third kappa shape index (κ3) is 4.38. The molecule has 5 nitrogen and oxygen atoms in total. The maximum absolute atomic E-state index is 8.72. The molecule has 1 aliphatic heterocycles. The van der Waals surface area contributed by atoms with Crippen LogP contribution in [0.3, 0.4) is 0 Å². The molecule has 146 valence electrons. The molecule has 6 heteroatoms. The number of nitrogens with two attached hydrogens (primary N) is 2. The fourth-order valence-corrected chi connectivity index (χ4v) is 3.25. The van der Waals surface area contributed by atoms with Crippen LogP contribution in [0, 0.1) is 10.8 Å². The van der Waals surface area contributed by atoms with Gasteiger partial charge in [-0.15, -0.1) is 0 Å². The van der Waals surface area contributed by atoms with Crippen molar-refractivity contribution in [3.05, 3.63) is 88.2 Å². The van der Waals surface area contributed by atoms with Gasteiger partial charge in [0.25, 0.3) is 0 Å². The Morgan fingerprint density at radius 3 is 2.07 bits per heavy atom. The molecule has 0 bridgehead atoms. The van der Waals surface area contributed by atoms with Crippen LogP contribution in [0.4, 0.5) is 0 Å². The van der Waals surface area contributed by atoms with Crippen molar-refractivity contribution in [2.75, 3.05) is 19.8 Å². The Hall–Kier alpha value is -2.76. The molecule has 0 amide bonds. The standard InChI is InChI=1S/C22H25ClN4O/c1-22(13-28-14-22)12-27-21(26)17(19(24)15-8-4-2-5-9-15)18(23)20(25)16-10-6-3-7-11-16/h2-11,24,27H,12-14,25-26H2,1H3/b20-18+,21-17-,24-19?. The highest BCUT2D eigenvalue weighted by atomic mass is 35.5. The predicted octanol–water partition coefficient (Wildman–Crippen LogP) is 3.42. The molecule has 1 heterocycles. The summed E-state index contributed by atoms with van der Waals surface area (Å²) < 4.78 is 5.30. The van der Waals surface area contributed by atoms with Crippen LogP contribution in [-0.4, -0.2) is 25.5 Å². The number of ether oxygens (including phenoxy) is 1. The van der Waals surface area contributed by atoms with Gasteiger partial charge in [0, 0.05) is 17.5 Å². The summed E-state index contributed by atoms with van der Waals surface area (Å²) in [5.41, 5.74) is 15.2. The number of nitrogens with one attached hydrogen (secondary N) is 2. The number of halogens is 1. The molecule has 2 aromatic carbocycles. The first kappa shape index (κ1) is 20.0. The second-order valence-corrected chi connectivity index (χ2v) is 7.66. The van der Waals surface area contributed by atoms with E-state index < -0.39 is 0 Å². The van der Waals surface area contributed by atoms with Crippen LogP contribution in [0.1, 0.15) is 18.1 Å². The van der Waals surface area contributed by atoms with E-state index in [0.29, 0.717) is 42.4 Å². The van der Waals surface area contributed by atoms with Gasteiger partial charge in [-0.2, -0.15) is 0 Å². The molecule has 0 atom stereocenters. The molecular formula is C22H25ClN4O. The summed E-state index contributed by atoms with van der Waals surface area (Å²) in [5, 5.41) is 12.2. The van der Waals surface area contributed by atoms with E-state index in [9.17, 15) is 0 Å². The minimum atomic E-state index is 0.0197. The lowest BCUT2D eigenvalue weighted by Gasteiger charge is -2.38. The maximum Gasteiger partial charge on any atom is 0.107 e. The van der Waals surface area contributed by atoms with E-state index in [1.807, 2.05) is 60.7 Å². The molecule has 1 fully saturated rings. The molecule has 6 N–H and O–H groups in total. The topological polar surface area (TPSA) is 97.2 Å². The largest absolute Gasteiger partial charge is 0.397 e. The van der Waals surface area contributed by atoms with Crippen molar-refractivity contribution < 1.29 is 4.74 Å². The van der Waals surface area contributed by atoms with Gasteiger partial charge in [0.1, 0.15) is 5.82 Å². The van der Waals surface area contributed by atoms with Crippen molar-refractivity contribution in [1.29, 1.82) is 5.41 Å². The zero-order valence-corrected chi connectivity index (χ0v) is 16.6. The number of rotatable bonds is 7. The maximum atomic E-state index is 8.72. The normalized spacial score (nSPS) is 17.1. The number of benzene rings is 2. The predicted molar refractivity (Wildman–Crippen MR) is 115 cm³/mol. The van der Waals surface area contributed by atoms with Gasteiger partial charge < -0.3 is 21.5 Å². The molecule has 28 heavy (non-hydrogen) atoms. The molecule has 0 aliphatic carbocycles. The lowest BCUT2D eigenvalue weighted by molar-refractivity contribution is -0.0980. The third-order valence-electron chi connectivity index (χ3n) is 4.73. The van der Waals surface area contributed by atoms with E-state index in [-0.39, 0.29) is 16.2 Å². The Bertz CT molecular complexity index is 903. The van der Waals surface area contributed by atoms with Gasteiger partial charge in [0.2, 0.25) is 0 Å². The van der Waals surface area contributed by atoms with E-state index in [1.54, 1.807) is 0 Å². The lowest BCUT2D eigenvalue weighted by atomic mass is 9.88. The Balaban J connectivity index is 2.00. The third-order valence-corrected chi connectivity index (χ3v) is 5.12. The number of hydrogen-bond acceptors (Lipinski definition) is 5. The van der Waals surface area contributed by atoms with Crippen LogP contribution in [0.25, 0.3) is 5.70 Å². The van der Waals surface area contributed by atoms with Gasteiger partial charge >= 0.3 is 0 Å². The van der Waals surface area contributed by atoms with E-state index in [1.165, 1.54) is 0 Å². The highest BCUT2D eigenvalue weighted by Gasteiger charge is 2.33. The van der Waals surface area contributed by atoms with Gasteiger partial charge in [-0.05, 0) is 5.56 Å². The monoisotopic (exact) mass is 396 g/mol. The summed E-state index contributed by atoms with van der Waals surface area (Å²) in [6.07, 6.45) is 0. The fraction of sp³-hybridized carbons (Fsp3) is 0.227. The summed E-state index contributed by atoms with van der Waals surface area (Å²) in [5.74, 6) is 0.325. The molecule has 0 aromatic heterocycles. The SMILES string of the molecule is CC1(CN/C(N)=C(C(=N)c2ccccc2)/C(Cl)=C(\N)c2ccccc2)COC1.